The van der Waals surface area contributed by atoms with Crippen LogP contribution in [0.1, 0.15) is 66.2 Å². The molecule has 0 rings (SSSR count). The molecule has 0 amide bonds. The summed E-state index contributed by atoms with van der Waals surface area (Å²) < 4.78 is 5.57. The topological polar surface area (TPSA) is 9.23 Å². The fraction of sp³-hybridized carbons (Fsp3) is 0.867. The van der Waals surface area contributed by atoms with Crippen LogP contribution in [-0.4, -0.2) is 13.2 Å². The molecule has 0 radical (unpaired) electrons. The molecule has 0 aliphatic rings. The fourth-order valence-electron chi connectivity index (χ4n) is 1.96. The maximum atomic E-state index is 5.57. The molecule has 0 bridgehead atoms. The highest BCUT2D eigenvalue weighted by Crippen LogP contribution is 2.19. The van der Waals surface area contributed by atoms with E-state index in [0.29, 0.717) is 0 Å². The van der Waals surface area contributed by atoms with Crippen molar-refractivity contribution in [1.82, 2.24) is 0 Å². The number of unbranched alkanes of at least 4 members (excludes halogenated alkanes) is 3. The highest BCUT2D eigenvalue weighted by Gasteiger charge is 2.09. The molecule has 0 aromatic heterocycles. The van der Waals surface area contributed by atoms with Gasteiger partial charge in [-0.1, -0.05) is 44.3 Å². The van der Waals surface area contributed by atoms with Crippen LogP contribution in [0.5, 0.6) is 0 Å². The molecule has 0 aliphatic carbocycles. The molecular weight excluding hydrogens is 196 g/mol. The van der Waals surface area contributed by atoms with E-state index in [1.54, 1.807) is 0 Å². The Morgan fingerprint density at radius 2 is 1.94 bits per heavy atom. The van der Waals surface area contributed by atoms with Crippen LogP contribution in [0.25, 0.3) is 0 Å². The lowest BCUT2D eigenvalue weighted by Crippen LogP contribution is -2.10. The summed E-state index contributed by atoms with van der Waals surface area (Å²) in [4.78, 5) is 0. The first-order chi connectivity index (χ1) is 7.74. The first-order valence-electron chi connectivity index (χ1n) is 6.94. The molecule has 0 spiro atoms. The number of ether oxygens (including phenoxy) is 1. The summed E-state index contributed by atoms with van der Waals surface area (Å²) in [6.07, 6.45) is 10.2. The van der Waals surface area contributed by atoms with Crippen LogP contribution in [0.2, 0.25) is 0 Å². The Morgan fingerprint density at radius 1 is 1.19 bits per heavy atom. The van der Waals surface area contributed by atoms with Crippen molar-refractivity contribution >= 4 is 0 Å². The van der Waals surface area contributed by atoms with Crippen LogP contribution in [0, 0.1) is 5.92 Å². The zero-order chi connectivity index (χ0) is 12.2. The van der Waals surface area contributed by atoms with Crippen LogP contribution in [0.15, 0.2) is 11.6 Å². The van der Waals surface area contributed by atoms with Gasteiger partial charge in [0.1, 0.15) is 0 Å². The van der Waals surface area contributed by atoms with Gasteiger partial charge in [-0.25, -0.2) is 0 Å². The summed E-state index contributed by atoms with van der Waals surface area (Å²) in [6.45, 7) is 10.5. The van der Waals surface area contributed by atoms with E-state index in [1.165, 1.54) is 44.1 Å². The van der Waals surface area contributed by atoms with Gasteiger partial charge in [0.2, 0.25) is 0 Å². The Kier molecular flexibility index (Phi) is 11.0. The Labute approximate surface area is 102 Å². The minimum atomic E-state index is 0.730. The molecule has 0 aliphatic heterocycles. The van der Waals surface area contributed by atoms with E-state index in [9.17, 15) is 0 Å². The van der Waals surface area contributed by atoms with E-state index < -0.39 is 0 Å². The number of hydrogen-bond acceptors (Lipinski definition) is 1. The fourth-order valence-corrected chi connectivity index (χ4v) is 1.96. The molecule has 1 nitrogen and oxygen atoms in total. The summed E-state index contributed by atoms with van der Waals surface area (Å²) in [5.74, 6) is 0.730. The Morgan fingerprint density at radius 3 is 2.50 bits per heavy atom. The maximum Gasteiger partial charge on any atom is 0.0497 e. The summed E-state index contributed by atoms with van der Waals surface area (Å²) in [5, 5.41) is 0. The minimum Gasteiger partial charge on any atom is -0.381 e. The lowest BCUT2D eigenvalue weighted by molar-refractivity contribution is 0.106. The SMILES string of the molecule is CC=C(C)CC(CCCCCC)COCC. The quantitative estimate of drug-likeness (QED) is 0.377. The Bertz CT molecular complexity index is 172. The predicted octanol–water partition coefficient (Wildman–Crippen LogP) is 4.97. The second kappa shape index (κ2) is 11.2. The van der Waals surface area contributed by atoms with Gasteiger partial charge in [0, 0.05) is 13.2 Å². The second-order valence-electron chi connectivity index (χ2n) is 4.71. The van der Waals surface area contributed by atoms with Crippen LogP contribution in [0.4, 0.5) is 0 Å². The van der Waals surface area contributed by atoms with Crippen LogP contribution in [-0.2, 0) is 4.74 Å². The molecule has 1 heteroatoms. The van der Waals surface area contributed by atoms with Gasteiger partial charge < -0.3 is 4.74 Å². The smallest absolute Gasteiger partial charge is 0.0497 e. The molecule has 1 unspecified atom stereocenters. The van der Waals surface area contributed by atoms with Crippen molar-refractivity contribution in [2.45, 2.75) is 66.2 Å². The van der Waals surface area contributed by atoms with Gasteiger partial charge in [-0.15, -0.1) is 0 Å². The van der Waals surface area contributed by atoms with Crippen LogP contribution >= 0.6 is 0 Å². The molecule has 0 heterocycles. The summed E-state index contributed by atoms with van der Waals surface area (Å²) in [6, 6.07) is 0. The summed E-state index contributed by atoms with van der Waals surface area (Å²) >= 11 is 0. The number of hydrogen-bond donors (Lipinski definition) is 0. The predicted molar refractivity (Wildman–Crippen MR) is 72.8 cm³/mol. The first-order valence-corrected chi connectivity index (χ1v) is 6.94. The zero-order valence-corrected chi connectivity index (χ0v) is 11.7. The van der Waals surface area contributed by atoms with Gasteiger partial charge in [-0.2, -0.15) is 0 Å². The standard InChI is InChI=1S/C15H30O/c1-5-8-9-10-11-15(13-16-7-3)12-14(4)6-2/h6,15H,5,7-13H2,1-4H3. The van der Waals surface area contributed by atoms with E-state index in [4.69, 9.17) is 4.74 Å². The van der Waals surface area contributed by atoms with E-state index in [-0.39, 0.29) is 0 Å². The third kappa shape index (κ3) is 8.96. The molecule has 0 aromatic rings. The van der Waals surface area contributed by atoms with Gasteiger partial charge in [0.15, 0.2) is 0 Å². The minimum absolute atomic E-state index is 0.730. The van der Waals surface area contributed by atoms with Gasteiger partial charge >= 0.3 is 0 Å². The molecule has 1 atom stereocenters. The average Bonchev–Trinajstić information content (AvgIpc) is 2.30. The van der Waals surface area contributed by atoms with Gasteiger partial charge in [-0.05, 0) is 39.5 Å². The third-order valence-electron chi connectivity index (χ3n) is 3.13. The molecule has 0 aromatic carbocycles. The van der Waals surface area contributed by atoms with Crippen LogP contribution in [0.3, 0.4) is 0 Å². The van der Waals surface area contributed by atoms with Crippen molar-refractivity contribution in [2.24, 2.45) is 5.92 Å². The largest absolute Gasteiger partial charge is 0.381 e. The number of rotatable bonds is 10. The van der Waals surface area contributed by atoms with Gasteiger partial charge in [0.05, 0.1) is 0 Å². The normalized spacial score (nSPS) is 14.1. The van der Waals surface area contributed by atoms with Crippen molar-refractivity contribution in [2.75, 3.05) is 13.2 Å². The molecule has 0 saturated carbocycles. The maximum absolute atomic E-state index is 5.57. The van der Waals surface area contributed by atoms with E-state index >= 15 is 0 Å². The second-order valence-corrected chi connectivity index (χ2v) is 4.71. The van der Waals surface area contributed by atoms with Crippen molar-refractivity contribution in [3.05, 3.63) is 11.6 Å². The van der Waals surface area contributed by atoms with Crippen molar-refractivity contribution in [3.8, 4) is 0 Å². The molecular formula is C15H30O. The monoisotopic (exact) mass is 226 g/mol. The van der Waals surface area contributed by atoms with E-state index in [0.717, 1.165) is 19.1 Å². The van der Waals surface area contributed by atoms with Gasteiger partial charge in [-0.3, -0.25) is 0 Å². The van der Waals surface area contributed by atoms with Gasteiger partial charge in [0.25, 0.3) is 0 Å². The van der Waals surface area contributed by atoms with Crippen LogP contribution < -0.4 is 0 Å². The summed E-state index contributed by atoms with van der Waals surface area (Å²) in [7, 11) is 0. The average molecular weight is 226 g/mol. The Hall–Kier alpha value is -0.300. The first kappa shape index (κ1) is 15.7. The van der Waals surface area contributed by atoms with Crippen molar-refractivity contribution in [3.63, 3.8) is 0 Å². The summed E-state index contributed by atoms with van der Waals surface area (Å²) in [5.41, 5.74) is 1.50. The highest BCUT2D eigenvalue weighted by atomic mass is 16.5. The van der Waals surface area contributed by atoms with E-state index in [1.807, 2.05) is 0 Å². The zero-order valence-electron chi connectivity index (χ0n) is 11.7. The Balaban J connectivity index is 3.80. The molecule has 0 saturated heterocycles. The molecule has 16 heavy (non-hydrogen) atoms. The lowest BCUT2D eigenvalue weighted by Gasteiger charge is -2.17. The highest BCUT2D eigenvalue weighted by molar-refractivity contribution is 4.96. The van der Waals surface area contributed by atoms with Crippen molar-refractivity contribution < 1.29 is 4.74 Å². The molecule has 0 fully saturated rings. The molecule has 0 N–H and O–H groups in total. The van der Waals surface area contributed by atoms with Crippen molar-refractivity contribution in [1.29, 1.82) is 0 Å². The van der Waals surface area contributed by atoms with E-state index in [2.05, 4.69) is 33.8 Å². The third-order valence-corrected chi connectivity index (χ3v) is 3.13. The number of allylic oxidation sites excluding steroid dienone is 2. The lowest BCUT2D eigenvalue weighted by atomic mass is 9.94. The molecule has 96 valence electrons.